The zero-order valence-corrected chi connectivity index (χ0v) is 14.4. The summed E-state index contributed by atoms with van der Waals surface area (Å²) in [5, 5.41) is 8.60. The van der Waals surface area contributed by atoms with Gasteiger partial charge >= 0.3 is 0 Å². The van der Waals surface area contributed by atoms with Crippen molar-refractivity contribution in [1.29, 1.82) is 0 Å². The molecule has 4 aromatic rings. The van der Waals surface area contributed by atoms with Crippen molar-refractivity contribution in [3.63, 3.8) is 0 Å². The Labute approximate surface area is 153 Å². The maximum atomic E-state index is 12.2. The largest absolute Gasteiger partial charge is 0.355 e. The van der Waals surface area contributed by atoms with Crippen LogP contribution in [0, 0.1) is 0 Å². The van der Waals surface area contributed by atoms with Gasteiger partial charge in [0, 0.05) is 36.8 Å². The Hall–Kier alpha value is -3.32. The molecule has 4 rings (SSSR count). The summed E-state index contributed by atoms with van der Waals surface area (Å²) < 4.78 is 5.23. The second kappa shape index (κ2) is 7.28. The minimum atomic E-state index is -0.284. The summed E-state index contributed by atoms with van der Waals surface area (Å²) in [7, 11) is 0. The van der Waals surface area contributed by atoms with Crippen LogP contribution in [0.25, 0.3) is 21.9 Å². The van der Waals surface area contributed by atoms with Crippen LogP contribution in [-0.2, 0) is 6.54 Å². The summed E-state index contributed by atoms with van der Waals surface area (Å²) in [5.74, 6) is 0.306. The van der Waals surface area contributed by atoms with Gasteiger partial charge in [-0.25, -0.2) is 0 Å². The minimum absolute atomic E-state index is 0.258. The van der Waals surface area contributed by atoms with Crippen LogP contribution < -0.4 is 5.32 Å². The first-order chi connectivity index (χ1) is 12.8. The molecule has 0 bridgehead atoms. The average Bonchev–Trinajstić information content (AvgIpc) is 3.39. The fraction of sp³-hybridized carbons (Fsp3) is 0.0526. The summed E-state index contributed by atoms with van der Waals surface area (Å²) >= 11 is 1.53. The number of pyridine rings is 2. The zero-order valence-electron chi connectivity index (χ0n) is 13.6. The summed E-state index contributed by atoms with van der Waals surface area (Å²) in [4.78, 5) is 21.7. The van der Waals surface area contributed by atoms with Gasteiger partial charge in [-0.3, -0.25) is 14.8 Å². The molecule has 7 heteroatoms. The van der Waals surface area contributed by atoms with E-state index in [1.165, 1.54) is 11.3 Å². The molecule has 128 valence electrons. The summed E-state index contributed by atoms with van der Waals surface area (Å²) in [6, 6.07) is 13.1. The van der Waals surface area contributed by atoms with Crippen molar-refractivity contribution in [3.05, 3.63) is 77.7 Å². The number of hydrogen-bond donors (Lipinski definition) is 1. The summed E-state index contributed by atoms with van der Waals surface area (Å²) in [5.41, 5.74) is 2.94. The Morgan fingerprint density at radius 3 is 2.85 bits per heavy atom. The molecular formula is C19H14N4O2S. The minimum Gasteiger partial charge on any atom is -0.355 e. The molecule has 0 aliphatic carbocycles. The summed E-state index contributed by atoms with van der Waals surface area (Å²) in [6.07, 6.45) is 5.23. The first-order valence-corrected chi connectivity index (χ1v) is 8.82. The van der Waals surface area contributed by atoms with E-state index >= 15 is 0 Å². The van der Waals surface area contributed by atoms with Gasteiger partial charge < -0.3 is 9.84 Å². The van der Waals surface area contributed by atoms with Crippen LogP contribution in [-0.4, -0.2) is 21.0 Å². The normalized spacial score (nSPS) is 10.6. The smallest absolute Gasteiger partial charge is 0.273 e. The third-order valence-electron chi connectivity index (χ3n) is 3.74. The van der Waals surface area contributed by atoms with Crippen molar-refractivity contribution >= 4 is 17.2 Å². The molecule has 0 spiro atoms. The molecule has 0 aliphatic rings. The van der Waals surface area contributed by atoms with E-state index in [1.807, 2.05) is 41.8 Å². The van der Waals surface area contributed by atoms with Crippen LogP contribution >= 0.6 is 11.3 Å². The molecule has 0 aromatic carbocycles. The quantitative estimate of drug-likeness (QED) is 0.584. The van der Waals surface area contributed by atoms with Crippen molar-refractivity contribution in [1.82, 2.24) is 20.4 Å². The first kappa shape index (κ1) is 16.2. The molecule has 1 N–H and O–H groups in total. The van der Waals surface area contributed by atoms with E-state index in [4.69, 9.17) is 4.52 Å². The molecule has 26 heavy (non-hydrogen) atoms. The number of nitrogens with zero attached hydrogens (tertiary/aromatic N) is 3. The maximum Gasteiger partial charge on any atom is 0.273 e. The molecule has 0 saturated carbocycles. The number of carbonyl (C=O) groups is 1. The third-order valence-corrected chi connectivity index (χ3v) is 4.63. The van der Waals surface area contributed by atoms with Gasteiger partial charge in [0.1, 0.15) is 0 Å². The van der Waals surface area contributed by atoms with E-state index in [1.54, 1.807) is 24.7 Å². The lowest BCUT2D eigenvalue weighted by atomic mass is 10.1. The van der Waals surface area contributed by atoms with E-state index in [0.29, 0.717) is 12.3 Å². The summed E-state index contributed by atoms with van der Waals surface area (Å²) in [6.45, 7) is 0.361. The number of aromatic nitrogens is 3. The van der Waals surface area contributed by atoms with Crippen molar-refractivity contribution < 1.29 is 9.32 Å². The third kappa shape index (κ3) is 3.52. The van der Waals surface area contributed by atoms with Crippen LogP contribution in [0.2, 0.25) is 0 Å². The van der Waals surface area contributed by atoms with Crippen molar-refractivity contribution in [2.75, 3.05) is 0 Å². The second-order valence-corrected chi connectivity index (χ2v) is 6.48. The van der Waals surface area contributed by atoms with E-state index in [9.17, 15) is 4.79 Å². The number of nitrogens with one attached hydrogen (secondary N) is 1. The van der Waals surface area contributed by atoms with Gasteiger partial charge in [0.2, 0.25) is 0 Å². The predicted molar refractivity (Wildman–Crippen MR) is 98.5 cm³/mol. The van der Waals surface area contributed by atoms with E-state index in [2.05, 4.69) is 20.4 Å². The van der Waals surface area contributed by atoms with E-state index in [0.717, 1.165) is 21.7 Å². The molecule has 0 saturated heterocycles. The van der Waals surface area contributed by atoms with Gasteiger partial charge in [0.25, 0.3) is 5.91 Å². The Bertz CT molecular complexity index is 996. The Morgan fingerprint density at radius 2 is 2.12 bits per heavy atom. The second-order valence-electron chi connectivity index (χ2n) is 5.53. The number of hydrogen-bond acceptors (Lipinski definition) is 6. The molecule has 0 unspecified atom stereocenters. The first-order valence-electron chi connectivity index (χ1n) is 7.94. The van der Waals surface area contributed by atoms with Crippen LogP contribution in [0.15, 0.2) is 71.0 Å². The zero-order chi connectivity index (χ0) is 17.8. The van der Waals surface area contributed by atoms with Crippen LogP contribution in [0.3, 0.4) is 0 Å². The molecule has 1 amide bonds. The highest BCUT2D eigenvalue weighted by Gasteiger charge is 2.14. The lowest BCUT2D eigenvalue weighted by molar-refractivity contribution is 0.0942. The number of thiophene rings is 1. The standard InChI is InChI=1S/C19H14N4O2S/c24-19(16-9-17(25-23-16)18-4-2-8-26-18)22-11-13-5-6-15(21-10-13)14-3-1-7-20-12-14/h1-10,12H,11H2,(H,22,24). The molecule has 0 atom stereocenters. The topological polar surface area (TPSA) is 80.9 Å². The van der Waals surface area contributed by atoms with Crippen molar-refractivity contribution in [2.24, 2.45) is 0 Å². The van der Waals surface area contributed by atoms with Gasteiger partial charge in [0.05, 0.1) is 10.6 Å². The highest BCUT2D eigenvalue weighted by atomic mass is 32.1. The predicted octanol–water partition coefficient (Wildman–Crippen LogP) is 3.79. The van der Waals surface area contributed by atoms with Crippen molar-refractivity contribution in [3.8, 4) is 21.9 Å². The lowest BCUT2D eigenvalue weighted by Crippen LogP contribution is -2.23. The molecule has 4 aromatic heterocycles. The van der Waals surface area contributed by atoms with Gasteiger partial charge in [-0.1, -0.05) is 17.3 Å². The highest BCUT2D eigenvalue weighted by Crippen LogP contribution is 2.25. The molecule has 0 fully saturated rings. The highest BCUT2D eigenvalue weighted by molar-refractivity contribution is 7.13. The van der Waals surface area contributed by atoms with Crippen LogP contribution in [0.5, 0.6) is 0 Å². The molecule has 0 radical (unpaired) electrons. The van der Waals surface area contributed by atoms with E-state index in [-0.39, 0.29) is 11.6 Å². The monoisotopic (exact) mass is 362 g/mol. The van der Waals surface area contributed by atoms with Crippen molar-refractivity contribution in [2.45, 2.75) is 6.54 Å². The SMILES string of the molecule is O=C(NCc1ccc(-c2cccnc2)nc1)c1cc(-c2cccs2)on1. The Kier molecular flexibility index (Phi) is 4.53. The van der Waals surface area contributed by atoms with Crippen LogP contribution in [0.4, 0.5) is 0 Å². The number of amides is 1. The van der Waals surface area contributed by atoms with E-state index < -0.39 is 0 Å². The van der Waals surface area contributed by atoms with Gasteiger partial charge in [-0.2, -0.15) is 0 Å². The molecule has 0 aliphatic heterocycles. The average molecular weight is 362 g/mol. The van der Waals surface area contributed by atoms with Gasteiger partial charge in [-0.15, -0.1) is 11.3 Å². The number of carbonyl (C=O) groups excluding carboxylic acids is 1. The van der Waals surface area contributed by atoms with Gasteiger partial charge in [-0.05, 0) is 35.2 Å². The molecule has 4 heterocycles. The lowest BCUT2D eigenvalue weighted by Gasteiger charge is -2.04. The fourth-order valence-electron chi connectivity index (χ4n) is 2.40. The maximum absolute atomic E-state index is 12.2. The molecule has 6 nitrogen and oxygen atoms in total. The number of rotatable bonds is 5. The Balaban J connectivity index is 1.39. The molecular weight excluding hydrogens is 348 g/mol. The van der Waals surface area contributed by atoms with Crippen LogP contribution in [0.1, 0.15) is 16.1 Å². The fourth-order valence-corrected chi connectivity index (χ4v) is 3.08. The van der Waals surface area contributed by atoms with Gasteiger partial charge in [0.15, 0.2) is 11.5 Å². The Morgan fingerprint density at radius 1 is 1.15 bits per heavy atom.